The van der Waals surface area contributed by atoms with Gasteiger partial charge in [-0.2, -0.15) is 0 Å². The summed E-state index contributed by atoms with van der Waals surface area (Å²) >= 11 is 0. The molecule has 0 bridgehead atoms. The van der Waals surface area contributed by atoms with Crippen molar-refractivity contribution in [1.29, 1.82) is 0 Å². The van der Waals surface area contributed by atoms with Crippen LogP contribution in [0.5, 0.6) is 0 Å². The van der Waals surface area contributed by atoms with Gasteiger partial charge >= 0.3 is 0 Å². The van der Waals surface area contributed by atoms with Gasteiger partial charge in [-0.05, 0) is 18.3 Å². The Hall–Kier alpha value is -1.17. The number of sulfone groups is 1. The van der Waals surface area contributed by atoms with Gasteiger partial charge in [0.05, 0.1) is 11.5 Å². The third kappa shape index (κ3) is 4.40. The van der Waals surface area contributed by atoms with E-state index >= 15 is 0 Å². The molecule has 118 valence electrons. The average molecular weight is 311 g/mol. The largest absolute Gasteiger partial charge is 0.370 e. The van der Waals surface area contributed by atoms with E-state index < -0.39 is 9.84 Å². The molecule has 0 unspecified atom stereocenters. The molecule has 1 atom stereocenters. The fourth-order valence-corrected chi connectivity index (χ4v) is 4.27. The summed E-state index contributed by atoms with van der Waals surface area (Å²) in [5.41, 5.74) is 1.02. The molecule has 21 heavy (non-hydrogen) atoms. The van der Waals surface area contributed by atoms with Crippen LogP contribution in [0.2, 0.25) is 0 Å². The fourth-order valence-electron chi connectivity index (χ4n) is 2.41. The topological polar surface area (TPSA) is 72.0 Å². The molecule has 2 rings (SSSR count). The quantitative estimate of drug-likeness (QED) is 0.905. The number of hydrogen-bond acceptors (Lipinski definition) is 5. The van der Waals surface area contributed by atoms with Gasteiger partial charge in [0.2, 0.25) is 0 Å². The molecule has 1 aromatic rings. The Morgan fingerprint density at radius 3 is 2.48 bits per heavy atom. The second-order valence-electron chi connectivity index (χ2n) is 6.50. The summed E-state index contributed by atoms with van der Waals surface area (Å²) in [7, 11) is -2.82. The molecular weight excluding hydrogens is 286 g/mol. The standard InChI is InChI=1S/C15H25N3O2S/c1-10(2)13-7-14(18-15(17-13)11(3)4)16-8-12-5-6-21(19,20)9-12/h7,10-12H,5-6,8-9H2,1-4H3,(H,16,17,18)/t12-/m1/s1. The van der Waals surface area contributed by atoms with Gasteiger partial charge in [0.25, 0.3) is 0 Å². The van der Waals surface area contributed by atoms with Crippen LogP contribution in [0.15, 0.2) is 6.07 Å². The highest BCUT2D eigenvalue weighted by atomic mass is 32.2. The van der Waals surface area contributed by atoms with Crippen LogP contribution in [-0.4, -0.2) is 36.4 Å². The van der Waals surface area contributed by atoms with Crippen molar-refractivity contribution >= 4 is 15.7 Å². The third-order valence-corrected chi connectivity index (χ3v) is 5.61. The average Bonchev–Trinajstić information content (AvgIpc) is 2.75. The minimum atomic E-state index is -2.82. The zero-order valence-electron chi connectivity index (χ0n) is 13.3. The van der Waals surface area contributed by atoms with E-state index in [0.29, 0.717) is 24.0 Å². The Morgan fingerprint density at radius 2 is 1.95 bits per heavy atom. The smallest absolute Gasteiger partial charge is 0.150 e. The zero-order chi connectivity index (χ0) is 15.6. The van der Waals surface area contributed by atoms with E-state index in [1.165, 1.54) is 0 Å². The number of aromatic nitrogens is 2. The molecular formula is C15H25N3O2S. The van der Waals surface area contributed by atoms with E-state index in [1.54, 1.807) is 0 Å². The lowest BCUT2D eigenvalue weighted by Gasteiger charge is -2.15. The molecule has 1 saturated heterocycles. The van der Waals surface area contributed by atoms with Crippen molar-refractivity contribution in [2.24, 2.45) is 5.92 Å². The number of rotatable bonds is 5. The summed E-state index contributed by atoms with van der Waals surface area (Å²) in [6.07, 6.45) is 0.745. The summed E-state index contributed by atoms with van der Waals surface area (Å²) in [6.45, 7) is 9.03. The van der Waals surface area contributed by atoms with Crippen LogP contribution >= 0.6 is 0 Å². The highest BCUT2D eigenvalue weighted by molar-refractivity contribution is 7.91. The van der Waals surface area contributed by atoms with E-state index in [2.05, 4.69) is 43.0 Å². The van der Waals surface area contributed by atoms with Crippen molar-refractivity contribution in [2.45, 2.75) is 46.0 Å². The van der Waals surface area contributed by atoms with Crippen LogP contribution in [0.25, 0.3) is 0 Å². The summed E-state index contributed by atoms with van der Waals surface area (Å²) in [5, 5.41) is 3.30. The number of anilines is 1. The Balaban J connectivity index is 2.09. The fraction of sp³-hybridized carbons (Fsp3) is 0.733. The number of nitrogens with zero attached hydrogens (tertiary/aromatic N) is 2. The van der Waals surface area contributed by atoms with Gasteiger partial charge in [0.15, 0.2) is 9.84 Å². The zero-order valence-corrected chi connectivity index (χ0v) is 14.1. The molecule has 0 amide bonds. The predicted octanol–water partition coefficient (Wildman–Crippen LogP) is 2.57. The summed E-state index contributed by atoms with van der Waals surface area (Å²) < 4.78 is 23.0. The van der Waals surface area contributed by atoms with Gasteiger partial charge in [-0.1, -0.05) is 27.7 Å². The number of hydrogen-bond donors (Lipinski definition) is 1. The lowest BCUT2D eigenvalue weighted by molar-refractivity contribution is 0.595. The van der Waals surface area contributed by atoms with E-state index in [0.717, 1.165) is 23.8 Å². The molecule has 0 aliphatic carbocycles. The van der Waals surface area contributed by atoms with E-state index in [1.807, 2.05) is 6.07 Å². The van der Waals surface area contributed by atoms with Gasteiger partial charge in [-0.25, -0.2) is 18.4 Å². The minimum absolute atomic E-state index is 0.190. The van der Waals surface area contributed by atoms with Crippen molar-refractivity contribution in [3.05, 3.63) is 17.6 Å². The van der Waals surface area contributed by atoms with E-state index in [-0.39, 0.29) is 11.8 Å². The van der Waals surface area contributed by atoms with Crippen molar-refractivity contribution in [3.63, 3.8) is 0 Å². The Labute approximate surface area is 127 Å². The summed E-state index contributed by atoms with van der Waals surface area (Å²) in [5.74, 6) is 3.06. The van der Waals surface area contributed by atoms with Gasteiger partial charge in [-0.15, -0.1) is 0 Å². The lowest BCUT2D eigenvalue weighted by Crippen LogP contribution is -2.17. The molecule has 0 spiro atoms. The molecule has 1 aliphatic rings. The maximum Gasteiger partial charge on any atom is 0.150 e. The highest BCUT2D eigenvalue weighted by Crippen LogP contribution is 2.22. The van der Waals surface area contributed by atoms with E-state index in [4.69, 9.17) is 0 Å². The molecule has 1 fully saturated rings. The predicted molar refractivity (Wildman–Crippen MR) is 85.5 cm³/mol. The molecule has 6 heteroatoms. The molecule has 1 aliphatic heterocycles. The van der Waals surface area contributed by atoms with Crippen LogP contribution in [0.3, 0.4) is 0 Å². The maximum absolute atomic E-state index is 11.5. The van der Waals surface area contributed by atoms with Crippen LogP contribution in [0.4, 0.5) is 5.82 Å². The van der Waals surface area contributed by atoms with Gasteiger partial charge in [-0.3, -0.25) is 0 Å². The van der Waals surface area contributed by atoms with E-state index in [9.17, 15) is 8.42 Å². The first-order valence-corrected chi connectivity index (χ1v) is 9.42. The summed E-state index contributed by atoms with van der Waals surface area (Å²) in [4.78, 5) is 9.13. The van der Waals surface area contributed by atoms with Gasteiger partial charge in [0.1, 0.15) is 11.6 Å². The van der Waals surface area contributed by atoms with Crippen LogP contribution in [0, 0.1) is 5.92 Å². The van der Waals surface area contributed by atoms with Crippen LogP contribution in [-0.2, 0) is 9.84 Å². The second-order valence-corrected chi connectivity index (χ2v) is 8.72. The van der Waals surface area contributed by atoms with Crippen molar-refractivity contribution < 1.29 is 8.42 Å². The Kier molecular flexibility index (Phi) is 4.86. The molecule has 1 N–H and O–H groups in total. The van der Waals surface area contributed by atoms with Crippen molar-refractivity contribution in [1.82, 2.24) is 9.97 Å². The Bertz CT molecular complexity index is 571. The van der Waals surface area contributed by atoms with Crippen LogP contribution < -0.4 is 5.32 Å². The van der Waals surface area contributed by atoms with Gasteiger partial charge in [0, 0.05) is 24.2 Å². The highest BCUT2D eigenvalue weighted by Gasteiger charge is 2.27. The minimum Gasteiger partial charge on any atom is -0.370 e. The Morgan fingerprint density at radius 1 is 1.24 bits per heavy atom. The van der Waals surface area contributed by atoms with Crippen LogP contribution in [0.1, 0.15) is 57.5 Å². The first-order valence-electron chi connectivity index (χ1n) is 7.60. The molecule has 5 nitrogen and oxygen atoms in total. The first kappa shape index (κ1) is 16.2. The third-order valence-electron chi connectivity index (χ3n) is 3.77. The van der Waals surface area contributed by atoms with Gasteiger partial charge < -0.3 is 5.32 Å². The second kappa shape index (κ2) is 6.30. The van der Waals surface area contributed by atoms with Crippen molar-refractivity contribution in [3.8, 4) is 0 Å². The van der Waals surface area contributed by atoms with Crippen molar-refractivity contribution in [2.75, 3.05) is 23.4 Å². The maximum atomic E-state index is 11.5. The SMILES string of the molecule is CC(C)c1cc(NC[C@H]2CCS(=O)(=O)C2)nc(C(C)C)n1. The molecule has 0 radical (unpaired) electrons. The monoisotopic (exact) mass is 311 g/mol. The molecule has 0 aromatic carbocycles. The first-order chi connectivity index (χ1) is 9.77. The normalized spacial score (nSPS) is 21.1. The summed E-state index contributed by atoms with van der Waals surface area (Å²) in [6, 6.07) is 1.97. The lowest BCUT2D eigenvalue weighted by atomic mass is 10.1. The molecule has 1 aromatic heterocycles. The molecule has 2 heterocycles. The molecule has 0 saturated carbocycles. The number of nitrogens with one attached hydrogen (secondary N) is 1.